The molecule has 0 unspecified atom stereocenters. The minimum atomic E-state index is -0.560. The quantitative estimate of drug-likeness (QED) is 0.526. The number of carbonyl (C=O) groups is 3. The minimum absolute atomic E-state index is 0.115. The molecule has 8 heteroatoms. The van der Waals surface area contributed by atoms with E-state index >= 15 is 0 Å². The summed E-state index contributed by atoms with van der Waals surface area (Å²) in [5, 5.41) is 2.83. The van der Waals surface area contributed by atoms with Gasteiger partial charge in [-0.25, -0.2) is 9.78 Å². The Morgan fingerprint density at radius 3 is 2.24 bits per heavy atom. The predicted octanol–water partition coefficient (Wildman–Crippen LogP) is 5.19. The molecule has 1 atom stereocenters. The van der Waals surface area contributed by atoms with Crippen LogP contribution in [0.5, 0.6) is 0 Å². The first-order valence-corrected chi connectivity index (χ1v) is 11.5. The summed E-state index contributed by atoms with van der Waals surface area (Å²) in [5.41, 5.74) is 4.53. The third-order valence-corrected chi connectivity index (χ3v) is 6.15. The van der Waals surface area contributed by atoms with E-state index in [0.717, 1.165) is 16.0 Å². The number of imide groups is 1. The van der Waals surface area contributed by atoms with E-state index in [1.54, 1.807) is 29.8 Å². The summed E-state index contributed by atoms with van der Waals surface area (Å²) in [4.78, 5) is 44.0. The smallest absolute Gasteiger partial charge is 0.408 e. The highest BCUT2D eigenvalue weighted by atomic mass is 32.1. The maximum Gasteiger partial charge on any atom is 0.408 e. The first kappa shape index (κ1) is 22.7. The van der Waals surface area contributed by atoms with Crippen molar-refractivity contribution < 1.29 is 19.1 Å². The van der Waals surface area contributed by atoms with Crippen molar-refractivity contribution in [1.29, 1.82) is 0 Å². The Kier molecular flexibility index (Phi) is 6.03. The molecule has 2 heterocycles. The molecule has 0 bridgehead atoms. The summed E-state index contributed by atoms with van der Waals surface area (Å²) < 4.78 is 5.32. The zero-order valence-electron chi connectivity index (χ0n) is 18.9. The molecular weight excluding hydrogens is 438 g/mol. The van der Waals surface area contributed by atoms with Crippen molar-refractivity contribution in [3.05, 3.63) is 76.4 Å². The molecule has 1 aliphatic rings. The third kappa shape index (κ3) is 4.80. The summed E-state index contributed by atoms with van der Waals surface area (Å²) >= 11 is 1.45. The Labute approximate surface area is 196 Å². The molecule has 0 spiro atoms. The molecule has 0 aliphatic carbocycles. The molecule has 33 heavy (non-hydrogen) atoms. The lowest BCUT2D eigenvalue weighted by Gasteiger charge is -2.22. The van der Waals surface area contributed by atoms with Crippen LogP contribution in [-0.2, 0) is 11.3 Å². The van der Waals surface area contributed by atoms with Gasteiger partial charge in [-0.2, -0.15) is 0 Å². The lowest BCUT2D eigenvalue weighted by Crippen LogP contribution is -2.34. The number of rotatable bonds is 5. The molecule has 7 nitrogen and oxygen atoms in total. The minimum Gasteiger partial charge on any atom is -0.444 e. The number of nitrogens with zero attached hydrogens (tertiary/aromatic N) is 2. The SMILES string of the molecule is C[C@H](NC(=O)OC(C)(C)C)c1ccc(-c2scnc2CN2C(=O)c3ccccc3C2=O)cc1. The third-order valence-electron chi connectivity index (χ3n) is 5.23. The number of thiazole rings is 1. The van der Waals surface area contributed by atoms with Crippen LogP contribution in [-0.4, -0.2) is 33.4 Å². The van der Waals surface area contributed by atoms with Gasteiger partial charge >= 0.3 is 6.09 Å². The highest BCUT2D eigenvalue weighted by Crippen LogP contribution is 2.32. The van der Waals surface area contributed by atoms with Crippen LogP contribution < -0.4 is 5.32 Å². The Morgan fingerprint density at radius 1 is 1.06 bits per heavy atom. The van der Waals surface area contributed by atoms with E-state index in [1.165, 1.54) is 16.2 Å². The second kappa shape index (κ2) is 8.78. The van der Waals surface area contributed by atoms with Gasteiger partial charge in [-0.1, -0.05) is 36.4 Å². The number of fused-ring (bicyclic) bond motifs is 1. The molecular formula is C25H25N3O4S. The van der Waals surface area contributed by atoms with Gasteiger partial charge in [-0.3, -0.25) is 14.5 Å². The molecule has 1 aliphatic heterocycles. The van der Waals surface area contributed by atoms with E-state index in [-0.39, 0.29) is 24.4 Å². The number of ether oxygens (including phenoxy) is 1. The van der Waals surface area contributed by atoms with Crippen LogP contribution in [0.25, 0.3) is 10.4 Å². The number of alkyl carbamates (subject to hydrolysis) is 1. The first-order valence-electron chi connectivity index (χ1n) is 10.6. The lowest BCUT2D eigenvalue weighted by atomic mass is 10.0. The van der Waals surface area contributed by atoms with Crippen LogP contribution in [0, 0.1) is 0 Å². The molecule has 0 fully saturated rings. The van der Waals surface area contributed by atoms with Gasteiger partial charge in [-0.05, 0) is 51.0 Å². The Morgan fingerprint density at radius 2 is 1.67 bits per heavy atom. The summed E-state index contributed by atoms with van der Waals surface area (Å²) in [7, 11) is 0. The zero-order chi connectivity index (χ0) is 23.8. The van der Waals surface area contributed by atoms with Crippen LogP contribution in [0.3, 0.4) is 0 Å². The highest BCUT2D eigenvalue weighted by Gasteiger charge is 2.35. The molecule has 4 rings (SSSR count). The molecule has 0 saturated heterocycles. The van der Waals surface area contributed by atoms with Gasteiger partial charge in [0.15, 0.2) is 0 Å². The topological polar surface area (TPSA) is 88.6 Å². The number of hydrogen-bond donors (Lipinski definition) is 1. The summed E-state index contributed by atoms with van der Waals surface area (Å²) in [6.45, 7) is 7.46. The predicted molar refractivity (Wildman–Crippen MR) is 126 cm³/mol. The summed E-state index contributed by atoms with van der Waals surface area (Å²) in [5.74, 6) is -0.598. The fraction of sp³-hybridized carbons (Fsp3) is 0.280. The number of carbonyl (C=O) groups excluding carboxylic acids is 3. The average molecular weight is 464 g/mol. The average Bonchev–Trinajstić information content (AvgIpc) is 3.32. The van der Waals surface area contributed by atoms with Gasteiger partial charge < -0.3 is 10.1 Å². The number of benzene rings is 2. The van der Waals surface area contributed by atoms with Crippen molar-refractivity contribution in [3.63, 3.8) is 0 Å². The molecule has 0 saturated carbocycles. The van der Waals surface area contributed by atoms with E-state index in [2.05, 4.69) is 10.3 Å². The van der Waals surface area contributed by atoms with Crippen molar-refractivity contribution in [3.8, 4) is 10.4 Å². The monoisotopic (exact) mass is 463 g/mol. The number of hydrogen-bond acceptors (Lipinski definition) is 6. The second-order valence-corrected chi connectivity index (χ2v) is 9.71. The van der Waals surface area contributed by atoms with Gasteiger partial charge in [0.1, 0.15) is 5.60 Å². The van der Waals surface area contributed by atoms with Crippen LogP contribution in [0.1, 0.15) is 65.7 Å². The molecule has 1 N–H and O–H groups in total. The maximum absolute atomic E-state index is 12.7. The van der Waals surface area contributed by atoms with Crippen molar-refractivity contribution >= 4 is 29.2 Å². The number of aromatic nitrogens is 1. The van der Waals surface area contributed by atoms with Crippen LogP contribution in [0.15, 0.2) is 54.0 Å². The second-order valence-electron chi connectivity index (χ2n) is 8.86. The first-order chi connectivity index (χ1) is 15.6. The number of amides is 3. The highest BCUT2D eigenvalue weighted by molar-refractivity contribution is 7.13. The van der Waals surface area contributed by atoms with E-state index in [9.17, 15) is 14.4 Å². The largest absolute Gasteiger partial charge is 0.444 e. The van der Waals surface area contributed by atoms with Gasteiger partial charge in [-0.15, -0.1) is 11.3 Å². The van der Waals surface area contributed by atoms with E-state index < -0.39 is 11.7 Å². The molecule has 3 amide bonds. The molecule has 1 aromatic heterocycles. The Balaban J connectivity index is 1.48. The fourth-order valence-corrected chi connectivity index (χ4v) is 4.45. The van der Waals surface area contributed by atoms with Crippen molar-refractivity contribution in [2.45, 2.75) is 45.9 Å². The fourth-order valence-electron chi connectivity index (χ4n) is 3.64. The van der Waals surface area contributed by atoms with E-state index in [4.69, 9.17) is 4.74 Å². The Hall–Kier alpha value is -3.52. The number of nitrogens with one attached hydrogen (secondary N) is 1. The van der Waals surface area contributed by atoms with Crippen LogP contribution in [0.2, 0.25) is 0 Å². The zero-order valence-corrected chi connectivity index (χ0v) is 19.7. The van der Waals surface area contributed by atoms with Crippen molar-refractivity contribution in [1.82, 2.24) is 15.2 Å². The molecule has 0 radical (unpaired) electrons. The molecule has 2 aromatic carbocycles. The Bertz CT molecular complexity index is 1180. The van der Waals surface area contributed by atoms with E-state index in [0.29, 0.717) is 16.8 Å². The van der Waals surface area contributed by atoms with Gasteiger partial charge in [0, 0.05) is 0 Å². The standard InChI is InChI=1S/C25H25N3O4S/c1-15(27-24(31)32-25(2,3)4)16-9-11-17(12-10-16)21-20(26-14-33-21)13-28-22(29)18-7-5-6-8-19(18)23(28)30/h5-12,14-15H,13H2,1-4H3,(H,27,31)/t15-/m0/s1. The van der Waals surface area contributed by atoms with Crippen LogP contribution >= 0.6 is 11.3 Å². The lowest BCUT2D eigenvalue weighted by molar-refractivity contribution is 0.0506. The molecule has 170 valence electrons. The molecule has 3 aromatic rings. The van der Waals surface area contributed by atoms with Gasteiger partial charge in [0.05, 0.1) is 39.8 Å². The maximum atomic E-state index is 12.7. The summed E-state index contributed by atoms with van der Waals surface area (Å²) in [6.07, 6.45) is -0.468. The summed E-state index contributed by atoms with van der Waals surface area (Å²) in [6, 6.07) is 14.4. The van der Waals surface area contributed by atoms with Crippen molar-refractivity contribution in [2.75, 3.05) is 0 Å². The van der Waals surface area contributed by atoms with E-state index in [1.807, 2.05) is 52.0 Å². The normalized spacial score (nSPS) is 14.2. The van der Waals surface area contributed by atoms with Gasteiger partial charge in [0.25, 0.3) is 11.8 Å². The van der Waals surface area contributed by atoms with Gasteiger partial charge in [0.2, 0.25) is 0 Å². The van der Waals surface area contributed by atoms with Crippen LogP contribution in [0.4, 0.5) is 4.79 Å². The van der Waals surface area contributed by atoms with Crippen molar-refractivity contribution in [2.24, 2.45) is 0 Å².